The third kappa shape index (κ3) is 2.66. The molecule has 0 saturated heterocycles. The van der Waals surface area contributed by atoms with Crippen LogP contribution in [0.1, 0.15) is 49.7 Å². The minimum Gasteiger partial charge on any atom is -0.348 e. The van der Waals surface area contributed by atoms with E-state index in [0.29, 0.717) is 5.92 Å². The van der Waals surface area contributed by atoms with Crippen LogP contribution >= 0.6 is 0 Å². The van der Waals surface area contributed by atoms with Crippen LogP contribution in [0.15, 0.2) is 24.5 Å². The van der Waals surface area contributed by atoms with Crippen molar-refractivity contribution in [1.29, 1.82) is 0 Å². The third-order valence-corrected chi connectivity index (χ3v) is 4.21. The molecule has 4 heteroatoms. The number of aryl methyl sites for hydroxylation is 2. The highest BCUT2D eigenvalue weighted by molar-refractivity contribution is 5.19. The average molecular weight is 272 g/mol. The van der Waals surface area contributed by atoms with Gasteiger partial charge in [0.1, 0.15) is 0 Å². The summed E-state index contributed by atoms with van der Waals surface area (Å²) in [5.74, 6) is 0.707. The number of nitrogens with two attached hydrogens (primary N) is 1. The van der Waals surface area contributed by atoms with Gasteiger partial charge in [-0.3, -0.25) is 4.68 Å². The molecule has 0 bridgehead atoms. The average Bonchev–Trinajstić information content (AvgIpc) is 3.08. The summed E-state index contributed by atoms with van der Waals surface area (Å²) < 4.78 is 4.32. The lowest BCUT2D eigenvalue weighted by atomic mass is 10.1. The second kappa shape index (κ2) is 5.44. The monoisotopic (exact) mass is 272 g/mol. The van der Waals surface area contributed by atoms with Gasteiger partial charge in [-0.05, 0) is 49.8 Å². The highest BCUT2D eigenvalue weighted by atomic mass is 15.3. The van der Waals surface area contributed by atoms with Crippen molar-refractivity contribution in [3.05, 3.63) is 41.5 Å². The fraction of sp³-hybridized carbons (Fsp3) is 0.562. The Labute approximate surface area is 120 Å². The quantitative estimate of drug-likeness (QED) is 0.879. The van der Waals surface area contributed by atoms with E-state index in [-0.39, 0.29) is 6.04 Å². The molecular formula is C16H24N4. The normalized spacial score (nSPS) is 16.6. The molecule has 1 saturated carbocycles. The van der Waals surface area contributed by atoms with Crippen molar-refractivity contribution in [2.75, 3.05) is 0 Å². The van der Waals surface area contributed by atoms with Crippen molar-refractivity contribution < 1.29 is 0 Å². The van der Waals surface area contributed by atoms with E-state index in [2.05, 4.69) is 52.7 Å². The first kappa shape index (κ1) is 13.4. The first-order valence-electron chi connectivity index (χ1n) is 7.68. The van der Waals surface area contributed by atoms with Gasteiger partial charge in [0.25, 0.3) is 0 Å². The van der Waals surface area contributed by atoms with Crippen LogP contribution in [-0.2, 0) is 19.5 Å². The Hall–Kier alpha value is -1.55. The standard InChI is InChI=1S/C16H24N4/c1-3-14-9-15(20(4-2)18-14)11-19-8-7-13(10-19)16(17)12-5-6-12/h7-10,12,16H,3-6,11,17H2,1-2H3. The van der Waals surface area contributed by atoms with Crippen molar-refractivity contribution >= 4 is 0 Å². The van der Waals surface area contributed by atoms with E-state index in [4.69, 9.17) is 5.73 Å². The highest BCUT2D eigenvalue weighted by Crippen LogP contribution is 2.39. The molecule has 3 rings (SSSR count). The molecule has 1 unspecified atom stereocenters. The van der Waals surface area contributed by atoms with Crippen molar-refractivity contribution in [2.45, 2.75) is 52.2 Å². The molecule has 1 fully saturated rings. The number of hydrogen-bond acceptors (Lipinski definition) is 2. The lowest BCUT2D eigenvalue weighted by Gasteiger charge is -2.08. The second-order valence-electron chi connectivity index (χ2n) is 5.78. The molecule has 0 aromatic carbocycles. The molecule has 2 aromatic rings. The maximum absolute atomic E-state index is 6.26. The summed E-state index contributed by atoms with van der Waals surface area (Å²) >= 11 is 0. The lowest BCUT2D eigenvalue weighted by molar-refractivity contribution is 0.592. The van der Waals surface area contributed by atoms with Crippen molar-refractivity contribution in [3.63, 3.8) is 0 Å². The summed E-state index contributed by atoms with van der Waals surface area (Å²) in [4.78, 5) is 0. The molecule has 1 aliphatic rings. The first-order chi connectivity index (χ1) is 9.71. The van der Waals surface area contributed by atoms with Gasteiger partial charge in [0, 0.05) is 25.0 Å². The Morgan fingerprint density at radius 2 is 2.20 bits per heavy atom. The van der Waals surface area contributed by atoms with Gasteiger partial charge in [-0.1, -0.05) is 6.92 Å². The lowest BCUT2D eigenvalue weighted by Crippen LogP contribution is -2.11. The summed E-state index contributed by atoms with van der Waals surface area (Å²) in [5, 5.41) is 4.60. The summed E-state index contributed by atoms with van der Waals surface area (Å²) in [7, 11) is 0. The smallest absolute Gasteiger partial charge is 0.0639 e. The van der Waals surface area contributed by atoms with Gasteiger partial charge in [0.15, 0.2) is 0 Å². The van der Waals surface area contributed by atoms with Crippen LogP contribution in [0.3, 0.4) is 0 Å². The molecule has 0 amide bonds. The summed E-state index contributed by atoms with van der Waals surface area (Å²) in [5.41, 5.74) is 9.97. The molecule has 0 spiro atoms. The van der Waals surface area contributed by atoms with Crippen LogP contribution < -0.4 is 5.73 Å². The molecule has 4 nitrogen and oxygen atoms in total. The van der Waals surface area contributed by atoms with Gasteiger partial charge < -0.3 is 10.3 Å². The topological polar surface area (TPSA) is 48.8 Å². The molecule has 20 heavy (non-hydrogen) atoms. The maximum Gasteiger partial charge on any atom is 0.0639 e. The van der Waals surface area contributed by atoms with E-state index in [9.17, 15) is 0 Å². The molecule has 2 aromatic heterocycles. The zero-order valence-corrected chi connectivity index (χ0v) is 12.4. The van der Waals surface area contributed by atoms with Crippen molar-refractivity contribution in [2.24, 2.45) is 11.7 Å². The Balaban J connectivity index is 1.75. The third-order valence-electron chi connectivity index (χ3n) is 4.21. The summed E-state index contributed by atoms with van der Waals surface area (Å²) in [6.07, 6.45) is 7.89. The van der Waals surface area contributed by atoms with Crippen molar-refractivity contribution in [3.8, 4) is 0 Å². The van der Waals surface area contributed by atoms with E-state index in [0.717, 1.165) is 19.5 Å². The molecular weight excluding hydrogens is 248 g/mol. The van der Waals surface area contributed by atoms with Gasteiger partial charge >= 0.3 is 0 Å². The predicted molar refractivity (Wildman–Crippen MR) is 80.5 cm³/mol. The molecule has 1 atom stereocenters. The van der Waals surface area contributed by atoms with E-state index in [1.807, 2.05) is 0 Å². The number of nitrogens with zero attached hydrogens (tertiary/aromatic N) is 3. The first-order valence-corrected chi connectivity index (χ1v) is 7.68. The number of hydrogen-bond donors (Lipinski definition) is 1. The van der Waals surface area contributed by atoms with Gasteiger partial charge in [-0.25, -0.2) is 0 Å². The zero-order valence-electron chi connectivity index (χ0n) is 12.4. The van der Waals surface area contributed by atoms with Crippen LogP contribution in [0.2, 0.25) is 0 Å². The van der Waals surface area contributed by atoms with Gasteiger partial charge in [0.2, 0.25) is 0 Å². The zero-order chi connectivity index (χ0) is 14.1. The SMILES string of the molecule is CCc1cc(Cn2ccc(C(N)C3CC3)c2)n(CC)n1. The molecule has 0 aliphatic heterocycles. The van der Waals surface area contributed by atoms with Crippen LogP contribution in [0.5, 0.6) is 0 Å². The van der Waals surface area contributed by atoms with E-state index in [1.165, 1.54) is 29.8 Å². The van der Waals surface area contributed by atoms with E-state index in [1.54, 1.807) is 0 Å². The summed E-state index contributed by atoms with van der Waals surface area (Å²) in [6.45, 7) is 6.08. The Morgan fingerprint density at radius 1 is 1.40 bits per heavy atom. The fourth-order valence-corrected chi connectivity index (χ4v) is 2.76. The molecule has 2 heterocycles. The number of rotatable bonds is 6. The second-order valence-corrected chi connectivity index (χ2v) is 5.78. The maximum atomic E-state index is 6.26. The Kier molecular flexibility index (Phi) is 3.66. The fourth-order valence-electron chi connectivity index (χ4n) is 2.76. The number of aromatic nitrogens is 3. The minimum atomic E-state index is 0.221. The molecule has 108 valence electrons. The van der Waals surface area contributed by atoms with E-state index < -0.39 is 0 Å². The van der Waals surface area contributed by atoms with E-state index >= 15 is 0 Å². The molecule has 0 radical (unpaired) electrons. The molecule has 2 N–H and O–H groups in total. The predicted octanol–water partition coefficient (Wildman–Crippen LogP) is 2.73. The van der Waals surface area contributed by atoms with Crippen molar-refractivity contribution in [1.82, 2.24) is 14.3 Å². The Morgan fingerprint density at radius 3 is 2.85 bits per heavy atom. The highest BCUT2D eigenvalue weighted by Gasteiger charge is 2.29. The van der Waals surface area contributed by atoms with Crippen LogP contribution in [0.25, 0.3) is 0 Å². The Bertz CT molecular complexity index is 577. The van der Waals surface area contributed by atoms with Crippen LogP contribution in [0, 0.1) is 5.92 Å². The van der Waals surface area contributed by atoms with Gasteiger partial charge in [0.05, 0.1) is 17.9 Å². The van der Waals surface area contributed by atoms with Gasteiger partial charge in [-0.2, -0.15) is 5.10 Å². The van der Waals surface area contributed by atoms with Crippen LogP contribution in [-0.4, -0.2) is 14.3 Å². The molecule has 1 aliphatic carbocycles. The summed E-state index contributed by atoms with van der Waals surface area (Å²) in [6, 6.07) is 4.60. The largest absolute Gasteiger partial charge is 0.348 e. The van der Waals surface area contributed by atoms with Crippen LogP contribution in [0.4, 0.5) is 0 Å². The van der Waals surface area contributed by atoms with Gasteiger partial charge in [-0.15, -0.1) is 0 Å². The minimum absolute atomic E-state index is 0.221.